The Morgan fingerprint density at radius 1 is 1.14 bits per heavy atom. The standard InChI is InChI=1S/C17H20Cl2N2/c1-4-20-16(17-12(3)7-11(2)10-21-17)9-13-5-6-14(18)15(19)8-13/h5-8,10,16,20H,4,9H2,1-3H3. The molecule has 0 aliphatic rings. The number of aromatic nitrogens is 1. The minimum Gasteiger partial charge on any atom is -0.309 e. The average molecular weight is 323 g/mol. The van der Waals surface area contributed by atoms with Crippen molar-refractivity contribution in [3.63, 3.8) is 0 Å². The van der Waals surface area contributed by atoms with Crippen LogP contribution in [0, 0.1) is 13.8 Å². The summed E-state index contributed by atoms with van der Waals surface area (Å²) >= 11 is 12.1. The number of nitrogens with one attached hydrogen (secondary N) is 1. The van der Waals surface area contributed by atoms with Crippen LogP contribution in [0.1, 0.15) is 35.3 Å². The first-order valence-corrected chi connectivity index (χ1v) is 7.87. The molecule has 0 saturated heterocycles. The van der Waals surface area contributed by atoms with Crippen LogP contribution in [-0.2, 0) is 6.42 Å². The molecule has 0 bridgehead atoms. The fourth-order valence-corrected chi connectivity index (χ4v) is 2.83. The minimum absolute atomic E-state index is 0.174. The maximum absolute atomic E-state index is 6.10. The molecular formula is C17H20Cl2N2. The van der Waals surface area contributed by atoms with Crippen LogP contribution in [0.15, 0.2) is 30.5 Å². The third-order valence-corrected chi connectivity index (χ3v) is 4.20. The van der Waals surface area contributed by atoms with Gasteiger partial charge in [0, 0.05) is 6.20 Å². The predicted molar refractivity (Wildman–Crippen MR) is 90.3 cm³/mol. The molecule has 1 aromatic heterocycles. The molecule has 1 aromatic carbocycles. The van der Waals surface area contributed by atoms with E-state index in [0.29, 0.717) is 10.0 Å². The smallest absolute Gasteiger partial charge is 0.0605 e. The van der Waals surface area contributed by atoms with Gasteiger partial charge in [0.1, 0.15) is 0 Å². The van der Waals surface area contributed by atoms with Gasteiger partial charge in [-0.05, 0) is 55.6 Å². The highest BCUT2D eigenvalue weighted by Gasteiger charge is 2.15. The molecule has 2 rings (SSSR count). The molecule has 1 unspecified atom stereocenters. The van der Waals surface area contributed by atoms with Crippen LogP contribution in [0.5, 0.6) is 0 Å². The first kappa shape index (κ1) is 16.3. The Morgan fingerprint density at radius 3 is 2.52 bits per heavy atom. The fraction of sp³-hybridized carbons (Fsp3) is 0.353. The summed E-state index contributed by atoms with van der Waals surface area (Å²) in [6, 6.07) is 8.13. The van der Waals surface area contributed by atoms with E-state index in [4.69, 9.17) is 23.2 Å². The lowest BCUT2D eigenvalue weighted by atomic mass is 9.99. The molecule has 0 radical (unpaired) electrons. The largest absolute Gasteiger partial charge is 0.309 e. The number of pyridine rings is 1. The zero-order valence-corrected chi connectivity index (χ0v) is 14.1. The molecule has 2 nitrogen and oxygen atoms in total. The summed E-state index contributed by atoms with van der Waals surface area (Å²) in [5, 5.41) is 4.69. The van der Waals surface area contributed by atoms with Crippen molar-refractivity contribution in [2.24, 2.45) is 0 Å². The van der Waals surface area contributed by atoms with Crippen molar-refractivity contribution in [2.75, 3.05) is 6.54 Å². The molecule has 0 amide bonds. The van der Waals surface area contributed by atoms with Gasteiger partial charge in [-0.15, -0.1) is 0 Å². The van der Waals surface area contributed by atoms with Gasteiger partial charge in [-0.25, -0.2) is 0 Å². The number of likely N-dealkylation sites (N-methyl/N-ethyl adjacent to an activating group) is 1. The zero-order chi connectivity index (χ0) is 15.4. The normalized spacial score (nSPS) is 12.4. The molecule has 0 aliphatic carbocycles. The third kappa shape index (κ3) is 4.19. The quantitative estimate of drug-likeness (QED) is 0.846. The number of rotatable bonds is 5. The van der Waals surface area contributed by atoms with Crippen LogP contribution in [0.2, 0.25) is 10.0 Å². The van der Waals surface area contributed by atoms with E-state index < -0.39 is 0 Å². The monoisotopic (exact) mass is 322 g/mol. The Labute approximate surface area is 136 Å². The lowest BCUT2D eigenvalue weighted by Gasteiger charge is -2.20. The molecular weight excluding hydrogens is 303 g/mol. The van der Waals surface area contributed by atoms with Crippen molar-refractivity contribution in [1.29, 1.82) is 0 Å². The Hall–Kier alpha value is -1.09. The van der Waals surface area contributed by atoms with E-state index >= 15 is 0 Å². The van der Waals surface area contributed by atoms with E-state index in [9.17, 15) is 0 Å². The van der Waals surface area contributed by atoms with Crippen molar-refractivity contribution < 1.29 is 0 Å². The number of aryl methyl sites for hydroxylation is 2. The molecule has 1 atom stereocenters. The second kappa shape index (κ2) is 7.26. The predicted octanol–water partition coefficient (Wildman–Crippen LogP) is 4.90. The Balaban J connectivity index is 2.28. The number of hydrogen-bond donors (Lipinski definition) is 1. The number of hydrogen-bond acceptors (Lipinski definition) is 2. The molecule has 2 aromatic rings. The second-order valence-corrected chi connectivity index (χ2v) is 6.09. The Kier molecular flexibility index (Phi) is 5.63. The maximum atomic E-state index is 6.10. The van der Waals surface area contributed by atoms with Gasteiger partial charge >= 0.3 is 0 Å². The first-order chi connectivity index (χ1) is 10.0. The number of nitrogens with zero attached hydrogens (tertiary/aromatic N) is 1. The molecule has 1 heterocycles. The second-order valence-electron chi connectivity index (χ2n) is 5.28. The lowest BCUT2D eigenvalue weighted by Crippen LogP contribution is -2.24. The first-order valence-electron chi connectivity index (χ1n) is 7.11. The van der Waals surface area contributed by atoms with Crippen LogP contribution in [0.4, 0.5) is 0 Å². The van der Waals surface area contributed by atoms with E-state index in [1.807, 2.05) is 24.4 Å². The van der Waals surface area contributed by atoms with Crippen molar-refractivity contribution in [2.45, 2.75) is 33.2 Å². The van der Waals surface area contributed by atoms with Gasteiger partial charge in [0.2, 0.25) is 0 Å². The molecule has 112 valence electrons. The summed E-state index contributed by atoms with van der Waals surface area (Å²) in [5.74, 6) is 0. The van der Waals surface area contributed by atoms with E-state index in [1.165, 1.54) is 11.1 Å². The van der Waals surface area contributed by atoms with Gasteiger partial charge in [-0.2, -0.15) is 0 Å². The molecule has 4 heteroatoms. The van der Waals surface area contributed by atoms with Crippen LogP contribution in [0.3, 0.4) is 0 Å². The molecule has 0 aliphatic heterocycles. The van der Waals surface area contributed by atoms with Crippen molar-refractivity contribution in [1.82, 2.24) is 10.3 Å². The maximum Gasteiger partial charge on any atom is 0.0605 e. The van der Waals surface area contributed by atoms with E-state index in [1.54, 1.807) is 0 Å². The molecule has 21 heavy (non-hydrogen) atoms. The van der Waals surface area contributed by atoms with Gasteiger partial charge in [-0.1, -0.05) is 42.3 Å². The lowest BCUT2D eigenvalue weighted by molar-refractivity contribution is 0.533. The highest BCUT2D eigenvalue weighted by atomic mass is 35.5. The highest BCUT2D eigenvalue weighted by Crippen LogP contribution is 2.26. The topological polar surface area (TPSA) is 24.9 Å². The van der Waals surface area contributed by atoms with E-state index in [-0.39, 0.29) is 6.04 Å². The van der Waals surface area contributed by atoms with Crippen LogP contribution in [0.25, 0.3) is 0 Å². The van der Waals surface area contributed by atoms with Crippen LogP contribution >= 0.6 is 23.2 Å². The van der Waals surface area contributed by atoms with Crippen molar-refractivity contribution in [3.05, 3.63) is 62.9 Å². The Morgan fingerprint density at radius 2 is 1.90 bits per heavy atom. The summed E-state index contributed by atoms with van der Waals surface area (Å²) in [4.78, 5) is 4.61. The van der Waals surface area contributed by atoms with Gasteiger partial charge in [0.25, 0.3) is 0 Å². The Bertz CT molecular complexity index is 626. The van der Waals surface area contributed by atoms with Gasteiger partial charge < -0.3 is 5.32 Å². The fourth-order valence-electron chi connectivity index (χ4n) is 2.50. The SMILES string of the molecule is CCNC(Cc1ccc(Cl)c(Cl)c1)c1ncc(C)cc1C. The summed E-state index contributed by atoms with van der Waals surface area (Å²) in [6.07, 6.45) is 2.75. The molecule has 0 spiro atoms. The average Bonchev–Trinajstić information content (AvgIpc) is 2.42. The van der Waals surface area contributed by atoms with Gasteiger partial charge in [0.05, 0.1) is 21.8 Å². The van der Waals surface area contributed by atoms with Crippen LogP contribution < -0.4 is 5.32 Å². The summed E-state index contributed by atoms with van der Waals surface area (Å²) < 4.78 is 0. The number of halogens is 2. The summed E-state index contributed by atoms with van der Waals surface area (Å²) in [5.41, 5.74) is 4.63. The minimum atomic E-state index is 0.174. The number of benzene rings is 1. The zero-order valence-electron chi connectivity index (χ0n) is 12.6. The van der Waals surface area contributed by atoms with E-state index in [0.717, 1.165) is 24.2 Å². The van der Waals surface area contributed by atoms with Crippen molar-refractivity contribution >= 4 is 23.2 Å². The van der Waals surface area contributed by atoms with Gasteiger partial charge in [0.15, 0.2) is 0 Å². The third-order valence-electron chi connectivity index (χ3n) is 3.46. The molecule has 0 fully saturated rings. The summed E-state index contributed by atoms with van der Waals surface area (Å²) in [7, 11) is 0. The van der Waals surface area contributed by atoms with Crippen molar-refractivity contribution in [3.8, 4) is 0 Å². The van der Waals surface area contributed by atoms with E-state index in [2.05, 4.69) is 37.1 Å². The summed E-state index contributed by atoms with van der Waals surface area (Å²) in [6.45, 7) is 7.16. The van der Waals surface area contributed by atoms with Crippen LogP contribution in [-0.4, -0.2) is 11.5 Å². The van der Waals surface area contributed by atoms with Gasteiger partial charge in [-0.3, -0.25) is 4.98 Å². The molecule has 1 N–H and O–H groups in total. The highest BCUT2D eigenvalue weighted by molar-refractivity contribution is 6.42. The molecule has 0 saturated carbocycles.